The largest absolute Gasteiger partial charge is 0.328 e. The molecule has 0 bridgehead atoms. The van der Waals surface area contributed by atoms with E-state index in [9.17, 15) is 5.11 Å². The molecule has 0 aromatic heterocycles. The van der Waals surface area contributed by atoms with Crippen LogP contribution in [0.25, 0.3) is 0 Å². The predicted octanol–water partition coefficient (Wildman–Crippen LogP) is 15.6. The van der Waals surface area contributed by atoms with E-state index in [1.807, 2.05) is 0 Å². The number of unbranched alkanes of at least 4 members (excludes halogenated alkanes) is 31. The molecule has 4 nitrogen and oxygen atoms in total. The van der Waals surface area contributed by atoms with Gasteiger partial charge in [-0.15, -0.1) is 0 Å². The topological polar surface area (TPSA) is 64.4 Å². The van der Waals surface area contributed by atoms with Gasteiger partial charge in [0, 0.05) is 12.0 Å². The van der Waals surface area contributed by atoms with Crippen LogP contribution < -0.4 is 5.73 Å². The van der Waals surface area contributed by atoms with E-state index in [2.05, 4.69) is 27.7 Å². The van der Waals surface area contributed by atoms with Gasteiger partial charge in [-0.2, -0.15) is 5.11 Å². The highest BCUT2D eigenvalue weighted by Crippen LogP contribution is 2.32. The molecule has 0 aliphatic carbocycles. The lowest BCUT2D eigenvalue weighted by molar-refractivity contribution is -0.415. The van der Waals surface area contributed by atoms with Crippen LogP contribution in [0.2, 0.25) is 0 Å². The summed E-state index contributed by atoms with van der Waals surface area (Å²) in [6.45, 7) is 9.96. The van der Waals surface area contributed by atoms with Gasteiger partial charge in [-0.1, -0.05) is 226 Å². The van der Waals surface area contributed by atoms with E-state index < -0.39 is 5.97 Å². The molecular formula is C46H94NO3. The minimum Gasteiger partial charge on any atom is -0.328 e. The van der Waals surface area contributed by atoms with Crippen molar-refractivity contribution in [3.05, 3.63) is 0 Å². The minimum atomic E-state index is -1.73. The van der Waals surface area contributed by atoms with E-state index >= 15 is 0 Å². The molecule has 0 heterocycles. The maximum absolute atomic E-state index is 14.4. The van der Waals surface area contributed by atoms with Crippen molar-refractivity contribution >= 4 is 0 Å². The zero-order valence-electron chi connectivity index (χ0n) is 35.0. The van der Waals surface area contributed by atoms with Gasteiger partial charge in [0.25, 0.3) is 0 Å². The average molecular weight is 709 g/mol. The van der Waals surface area contributed by atoms with Crippen molar-refractivity contribution in [2.45, 2.75) is 277 Å². The highest BCUT2D eigenvalue weighted by atomic mass is 16.8. The maximum atomic E-state index is 14.4. The van der Waals surface area contributed by atoms with Crippen molar-refractivity contribution in [3.63, 3.8) is 0 Å². The molecule has 0 aromatic rings. The molecule has 0 aliphatic heterocycles. The zero-order valence-corrected chi connectivity index (χ0v) is 35.0. The van der Waals surface area contributed by atoms with Gasteiger partial charge in [-0.05, 0) is 39.0 Å². The molecule has 3 unspecified atom stereocenters. The van der Waals surface area contributed by atoms with Crippen LogP contribution in [0.4, 0.5) is 0 Å². The Morgan fingerprint density at radius 2 is 0.640 bits per heavy atom. The fourth-order valence-corrected chi connectivity index (χ4v) is 7.43. The van der Waals surface area contributed by atoms with Gasteiger partial charge in [0.05, 0.1) is 13.2 Å². The van der Waals surface area contributed by atoms with Crippen molar-refractivity contribution in [2.24, 2.45) is 11.7 Å². The summed E-state index contributed by atoms with van der Waals surface area (Å²) in [5.74, 6) is -1.86. The van der Waals surface area contributed by atoms with E-state index in [1.54, 1.807) is 0 Å². The number of rotatable bonds is 43. The van der Waals surface area contributed by atoms with E-state index in [0.29, 0.717) is 13.2 Å². The molecule has 1 radical (unpaired) electrons. The van der Waals surface area contributed by atoms with Gasteiger partial charge >= 0.3 is 5.97 Å². The smallest absolute Gasteiger partial charge is 0.315 e. The fourth-order valence-electron chi connectivity index (χ4n) is 7.43. The molecule has 0 amide bonds. The van der Waals surface area contributed by atoms with Gasteiger partial charge < -0.3 is 15.2 Å². The molecule has 0 aromatic carbocycles. The SMILES string of the molecule is CCCCCCCCCCCCCCOC([O])(OCCCCCCCCCCCC)C(CCCCCCCCCCCCCC)CCC(C)N. The average Bonchev–Trinajstić information content (AvgIpc) is 3.10. The standard InChI is InChI=1S/C46H94NO3/c1-5-8-11-14-17-20-23-25-27-30-33-36-39-45(41-40-44(4)47)46(48,49-42-37-34-31-28-22-19-16-13-10-7-3)50-43-38-35-32-29-26-24-21-18-15-12-9-6-2/h44-45H,5-43,47H2,1-4H3. The van der Waals surface area contributed by atoms with Gasteiger partial charge in [0.2, 0.25) is 0 Å². The highest BCUT2D eigenvalue weighted by molar-refractivity contribution is 4.73. The number of nitrogens with two attached hydrogens (primary N) is 1. The molecule has 0 saturated carbocycles. The zero-order chi connectivity index (χ0) is 36.6. The van der Waals surface area contributed by atoms with Crippen LogP contribution in [0, 0.1) is 5.92 Å². The Kier molecular flexibility index (Phi) is 39.9. The van der Waals surface area contributed by atoms with Crippen LogP contribution >= 0.6 is 0 Å². The van der Waals surface area contributed by atoms with Crippen molar-refractivity contribution in [1.29, 1.82) is 0 Å². The van der Waals surface area contributed by atoms with E-state index in [4.69, 9.17) is 15.2 Å². The third-order valence-electron chi connectivity index (χ3n) is 11.0. The van der Waals surface area contributed by atoms with Crippen molar-refractivity contribution in [1.82, 2.24) is 0 Å². The second-order valence-electron chi connectivity index (χ2n) is 16.3. The first-order valence-electron chi connectivity index (χ1n) is 23.2. The summed E-state index contributed by atoms with van der Waals surface area (Å²) >= 11 is 0. The number of ether oxygens (including phenoxy) is 2. The summed E-state index contributed by atoms with van der Waals surface area (Å²) in [5.41, 5.74) is 6.21. The van der Waals surface area contributed by atoms with E-state index in [0.717, 1.165) is 51.4 Å². The van der Waals surface area contributed by atoms with Crippen molar-refractivity contribution in [3.8, 4) is 0 Å². The van der Waals surface area contributed by atoms with Crippen LogP contribution in [0.5, 0.6) is 0 Å². The predicted molar refractivity (Wildman–Crippen MR) is 220 cm³/mol. The molecule has 0 spiro atoms. The molecule has 50 heavy (non-hydrogen) atoms. The number of hydrogen-bond acceptors (Lipinski definition) is 3. The minimum absolute atomic E-state index is 0.0991. The van der Waals surface area contributed by atoms with E-state index in [1.165, 1.54) is 186 Å². The summed E-state index contributed by atoms with van der Waals surface area (Å²) in [7, 11) is 0. The Morgan fingerprint density at radius 3 is 0.920 bits per heavy atom. The van der Waals surface area contributed by atoms with Gasteiger partial charge in [0.15, 0.2) is 0 Å². The Morgan fingerprint density at radius 1 is 0.380 bits per heavy atom. The molecule has 0 rings (SSSR count). The summed E-state index contributed by atoms with van der Waals surface area (Å²) < 4.78 is 12.5. The summed E-state index contributed by atoms with van der Waals surface area (Å²) in [4.78, 5) is 0. The van der Waals surface area contributed by atoms with Gasteiger partial charge in [-0.3, -0.25) is 0 Å². The lowest BCUT2D eigenvalue weighted by atomic mass is 9.91. The molecule has 0 aliphatic rings. The lowest BCUT2D eigenvalue weighted by Gasteiger charge is -2.34. The Balaban J connectivity index is 4.68. The molecule has 0 fully saturated rings. The normalized spacial score (nSPS) is 14.3. The van der Waals surface area contributed by atoms with Crippen LogP contribution in [0.1, 0.15) is 265 Å². The molecule has 0 saturated heterocycles. The Hall–Kier alpha value is -0.160. The summed E-state index contributed by atoms with van der Waals surface area (Å²) in [6, 6.07) is 0.0991. The summed E-state index contributed by atoms with van der Waals surface area (Å²) in [5, 5.41) is 14.4. The van der Waals surface area contributed by atoms with Gasteiger partial charge in [0.1, 0.15) is 0 Å². The highest BCUT2D eigenvalue weighted by Gasteiger charge is 2.41. The molecule has 301 valence electrons. The maximum Gasteiger partial charge on any atom is 0.315 e. The monoisotopic (exact) mass is 709 g/mol. The fraction of sp³-hybridized carbons (Fsp3) is 1.00. The lowest BCUT2D eigenvalue weighted by Crippen LogP contribution is -2.43. The van der Waals surface area contributed by atoms with Crippen LogP contribution in [0.3, 0.4) is 0 Å². The van der Waals surface area contributed by atoms with E-state index in [-0.39, 0.29) is 12.0 Å². The summed E-state index contributed by atoms with van der Waals surface area (Å²) in [6.07, 6.45) is 47.1. The molecular weight excluding hydrogens is 615 g/mol. The quantitative estimate of drug-likeness (QED) is 0.0506. The van der Waals surface area contributed by atoms with Crippen molar-refractivity contribution in [2.75, 3.05) is 13.2 Å². The molecule has 2 N–H and O–H groups in total. The van der Waals surface area contributed by atoms with Crippen LogP contribution in [-0.4, -0.2) is 25.2 Å². The second-order valence-corrected chi connectivity index (χ2v) is 16.3. The number of hydrogen-bond donors (Lipinski definition) is 1. The van der Waals surface area contributed by atoms with Crippen molar-refractivity contribution < 1.29 is 14.6 Å². The Labute approximate surface area is 316 Å². The van der Waals surface area contributed by atoms with Crippen LogP contribution in [-0.2, 0) is 14.6 Å². The molecule has 4 heteroatoms. The first kappa shape index (κ1) is 49.8. The molecule has 3 atom stereocenters. The second kappa shape index (κ2) is 40.0. The van der Waals surface area contributed by atoms with Gasteiger partial charge in [-0.25, -0.2) is 0 Å². The first-order chi connectivity index (χ1) is 24.5. The first-order valence-corrected chi connectivity index (χ1v) is 23.2. The Bertz CT molecular complexity index is 629. The third-order valence-corrected chi connectivity index (χ3v) is 11.0. The van der Waals surface area contributed by atoms with Crippen LogP contribution in [0.15, 0.2) is 0 Å². The third kappa shape index (κ3) is 34.9.